The van der Waals surface area contributed by atoms with Crippen molar-refractivity contribution >= 4 is 35.7 Å². The number of benzene rings is 2. The molecule has 0 bridgehead atoms. The molecule has 1 aromatic heterocycles. The van der Waals surface area contributed by atoms with E-state index in [-0.39, 0.29) is 6.54 Å². The van der Waals surface area contributed by atoms with Crippen LogP contribution in [0.15, 0.2) is 79.0 Å². The number of pyridine rings is 1. The average Bonchev–Trinajstić information content (AvgIpc) is 3.03. The second-order valence-corrected chi connectivity index (χ2v) is 7.57. The molecule has 0 aliphatic carbocycles. The number of nitrogens with zero attached hydrogens (tertiary/aromatic N) is 2. The largest absolute Gasteiger partial charge is 0.325 e. The molecular weight excluding hydrogens is 404 g/mol. The van der Waals surface area contributed by atoms with Crippen molar-refractivity contribution in [3.05, 3.63) is 95.8 Å². The molecule has 1 fully saturated rings. The van der Waals surface area contributed by atoms with Gasteiger partial charge >= 0.3 is 6.03 Å². The summed E-state index contributed by atoms with van der Waals surface area (Å²) in [7, 11) is 0. The van der Waals surface area contributed by atoms with Crippen LogP contribution >= 0.6 is 0 Å². The molecule has 7 heteroatoms. The van der Waals surface area contributed by atoms with Gasteiger partial charge < -0.3 is 10.6 Å². The highest BCUT2D eigenvalue weighted by molar-refractivity contribution is 6.10. The molecule has 1 saturated heterocycles. The van der Waals surface area contributed by atoms with Crippen LogP contribution in [0.25, 0.3) is 12.2 Å². The van der Waals surface area contributed by atoms with Crippen molar-refractivity contribution in [1.82, 2.24) is 15.2 Å². The zero-order chi connectivity index (χ0) is 22.6. The molecule has 0 radical (unpaired) electrons. The summed E-state index contributed by atoms with van der Waals surface area (Å²) in [5.41, 5.74) is 1.72. The Hall–Kier alpha value is -4.26. The number of amides is 4. The van der Waals surface area contributed by atoms with Gasteiger partial charge in [-0.1, -0.05) is 54.6 Å². The third-order valence-corrected chi connectivity index (χ3v) is 5.23. The fraction of sp³-hybridized carbons (Fsp3) is 0.120. The normalized spacial score (nSPS) is 18.1. The third kappa shape index (κ3) is 4.41. The highest BCUT2D eigenvalue weighted by Gasteiger charge is 2.49. The molecule has 1 atom stereocenters. The Morgan fingerprint density at radius 3 is 2.56 bits per heavy atom. The molecule has 0 saturated carbocycles. The maximum absolute atomic E-state index is 12.9. The Balaban J connectivity index is 1.42. The van der Waals surface area contributed by atoms with Gasteiger partial charge in [-0.15, -0.1) is 0 Å². The van der Waals surface area contributed by atoms with Gasteiger partial charge in [-0.2, -0.15) is 0 Å². The summed E-state index contributed by atoms with van der Waals surface area (Å²) in [6, 6.07) is 21.3. The minimum absolute atomic E-state index is 0.374. The molecular formula is C25H22N4O3. The Morgan fingerprint density at radius 1 is 1.03 bits per heavy atom. The van der Waals surface area contributed by atoms with Crippen LogP contribution in [0, 0.1) is 0 Å². The van der Waals surface area contributed by atoms with Crippen molar-refractivity contribution in [2.24, 2.45) is 0 Å². The molecule has 1 aliphatic heterocycles. The Morgan fingerprint density at radius 2 is 1.81 bits per heavy atom. The smallest absolute Gasteiger partial charge is 0.325 e. The second-order valence-electron chi connectivity index (χ2n) is 7.57. The monoisotopic (exact) mass is 426 g/mol. The van der Waals surface area contributed by atoms with Crippen LogP contribution in [0.4, 0.5) is 10.5 Å². The number of anilines is 1. The lowest BCUT2D eigenvalue weighted by Gasteiger charge is -2.22. The number of urea groups is 1. The number of carbonyl (C=O) groups is 3. The maximum Gasteiger partial charge on any atom is 0.325 e. The van der Waals surface area contributed by atoms with Crippen molar-refractivity contribution in [2.45, 2.75) is 12.5 Å². The van der Waals surface area contributed by atoms with E-state index in [0.29, 0.717) is 11.3 Å². The summed E-state index contributed by atoms with van der Waals surface area (Å²) in [6.07, 6.45) is 5.48. The number of imide groups is 1. The Bertz CT molecular complexity index is 1180. The van der Waals surface area contributed by atoms with Crippen LogP contribution in [-0.4, -0.2) is 34.3 Å². The van der Waals surface area contributed by atoms with E-state index in [1.54, 1.807) is 49.5 Å². The van der Waals surface area contributed by atoms with Crippen LogP contribution in [0.3, 0.4) is 0 Å². The van der Waals surface area contributed by atoms with E-state index in [1.807, 2.05) is 48.6 Å². The fourth-order valence-electron chi connectivity index (χ4n) is 3.53. The number of rotatable bonds is 6. The first kappa shape index (κ1) is 21.0. The van der Waals surface area contributed by atoms with E-state index in [0.717, 1.165) is 16.2 Å². The van der Waals surface area contributed by atoms with E-state index in [1.165, 1.54) is 0 Å². The molecule has 2 aromatic carbocycles. The topological polar surface area (TPSA) is 91.4 Å². The molecule has 4 rings (SSSR count). The predicted octanol–water partition coefficient (Wildman–Crippen LogP) is 3.66. The minimum atomic E-state index is -1.20. The molecule has 0 unspecified atom stereocenters. The lowest BCUT2D eigenvalue weighted by molar-refractivity contribution is -0.133. The summed E-state index contributed by atoms with van der Waals surface area (Å²) >= 11 is 0. The molecule has 32 heavy (non-hydrogen) atoms. The summed E-state index contributed by atoms with van der Waals surface area (Å²) in [6.45, 7) is 1.26. The van der Waals surface area contributed by atoms with Gasteiger partial charge in [0.2, 0.25) is 5.91 Å². The summed E-state index contributed by atoms with van der Waals surface area (Å²) in [4.78, 5) is 43.1. The highest BCUT2D eigenvalue weighted by Crippen LogP contribution is 2.28. The van der Waals surface area contributed by atoms with Gasteiger partial charge in [0.25, 0.3) is 5.91 Å². The van der Waals surface area contributed by atoms with Gasteiger partial charge in [0.1, 0.15) is 12.1 Å². The van der Waals surface area contributed by atoms with Crippen molar-refractivity contribution in [3.8, 4) is 0 Å². The van der Waals surface area contributed by atoms with Crippen molar-refractivity contribution in [2.75, 3.05) is 11.9 Å². The first-order valence-electron chi connectivity index (χ1n) is 10.1. The summed E-state index contributed by atoms with van der Waals surface area (Å²) in [5.74, 6) is -0.924. The molecule has 2 heterocycles. The van der Waals surface area contributed by atoms with Gasteiger partial charge in [0, 0.05) is 11.9 Å². The van der Waals surface area contributed by atoms with E-state index in [2.05, 4.69) is 15.6 Å². The van der Waals surface area contributed by atoms with Gasteiger partial charge in [-0.3, -0.25) is 19.5 Å². The Labute approximate surface area is 185 Å². The quantitative estimate of drug-likeness (QED) is 0.589. The van der Waals surface area contributed by atoms with Crippen LogP contribution in [0.5, 0.6) is 0 Å². The van der Waals surface area contributed by atoms with Crippen LogP contribution < -0.4 is 10.6 Å². The first-order valence-corrected chi connectivity index (χ1v) is 10.1. The molecule has 7 nitrogen and oxygen atoms in total. The van der Waals surface area contributed by atoms with Gasteiger partial charge in [-0.05, 0) is 48.4 Å². The molecule has 0 spiro atoms. The molecule has 3 aromatic rings. The summed E-state index contributed by atoms with van der Waals surface area (Å²) in [5, 5.41) is 5.45. The molecule has 160 valence electrons. The zero-order valence-corrected chi connectivity index (χ0v) is 17.5. The second kappa shape index (κ2) is 8.85. The van der Waals surface area contributed by atoms with E-state index in [9.17, 15) is 14.4 Å². The SMILES string of the molecule is C[C@]1(c2ccccc2)NC(=O)N(CC(=O)Nc2cccc(/C=C/c3ccccn3)c2)C1=O. The number of hydrogen-bond donors (Lipinski definition) is 2. The number of carbonyl (C=O) groups excluding carboxylic acids is 3. The van der Waals surface area contributed by atoms with Gasteiger partial charge in [0.15, 0.2) is 0 Å². The number of nitrogens with one attached hydrogen (secondary N) is 2. The van der Waals surface area contributed by atoms with E-state index in [4.69, 9.17) is 0 Å². The number of hydrogen-bond acceptors (Lipinski definition) is 4. The van der Waals surface area contributed by atoms with E-state index >= 15 is 0 Å². The highest BCUT2D eigenvalue weighted by atomic mass is 16.2. The summed E-state index contributed by atoms with van der Waals surface area (Å²) < 4.78 is 0. The van der Waals surface area contributed by atoms with Crippen LogP contribution in [0.2, 0.25) is 0 Å². The lowest BCUT2D eigenvalue weighted by atomic mass is 9.92. The lowest BCUT2D eigenvalue weighted by Crippen LogP contribution is -2.42. The van der Waals surface area contributed by atoms with Crippen LogP contribution in [0.1, 0.15) is 23.7 Å². The van der Waals surface area contributed by atoms with Gasteiger partial charge in [0.05, 0.1) is 5.69 Å². The predicted molar refractivity (Wildman–Crippen MR) is 122 cm³/mol. The molecule has 1 aliphatic rings. The van der Waals surface area contributed by atoms with Gasteiger partial charge in [-0.25, -0.2) is 4.79 Å². The Kier molecular flexibility index (Phi) is 5.81. The maximum atomic E-state index is 12.9. The average molecular weight is 426 g/mol. The fourth-order valence-corrected chi connectivity index (χ4v) is 3.53. The standard InChI is InChI=1S/C25H22N4O3/c1-25(19-9-3-2-4-10-19)23(31)29(24(32)28-25)17-22(30)27-21-12-7-8-18(16-21)13-14-20-11-5-6-15-26-20/h2-16H,17H2,1H3,(H,27,30)(H,28,32)/b14-13+/t25-/m1/s1. The van der Waals surface area contributed by atoms with Crippen molar-refractivity contribution in [3.63, 3.8) is 0 Å². The first-order chi connectivity index (χ1) is 15.5. The number of aromatic nitrogens is 1. The van der Waals surface area contributed by atoms with Crippen LogP contribution in [-0.2, 0) is 15.1 Å². The van der Waals surface area contributed by atoms with Crippen molar-refractivity contribution < 1.29 is 14.4 Å². The van der Waals surface area contributed by atoms with Crippen molar-refractivity contribution in [1.29, 1.82) is 0 Å². The van der Waals surface area contributed by atoms with E-state index < -0.39 is 23.4 Å². The minimum Gasteiger partial charge on any atom is -0.325 e. The third-order valence-electron chi connectivity index (χ3n) is 5.23. The molecule has 4 amide bonds. The zero-order valence-electron chi connectivity index (χ0n) is 17.5. The molecule has 2 N–H and O–H groups in total.